The van der Waals surface area contributed by atoms with E-state index in [9.17, 15) is 0 Å². The largest absolute Gasteiger partial charge is 0.496 e. The van der Waals surface area contributed by atoms with E-state index in [1.165, 1.54) is 5.56 Å². The Morgan fingerprint density at radius 2 is 2.00 bits per heavy atom. The van der Waals surface area contributed by atoms with Crippen molar-refractivity contribution < 1.29 is 4.74 Å². The number of nitrogens with zero attached hydrogens (tertiary/aromatic N) is 2. The summed E-state index contributed by atoms with van der Waals surface area (Å²) in [7, 11) is 1.70. The van der Waals surface area contributed by atoms with E-state index in [1.807, 2.05) is 30.6 Å². The van der Waals surface area contributed by atoms with Gasteiger partial charge in [0.15, 0.2) is 0 Å². The molecule has 0 aliphatic carbocycles. The van der Waals surface area contributed by atoms with E-state index in [1.54, 1.807) is 7.11 Å². The van der Waals surface area contributed by atoms with Gasteiger partial charge in [-0.2, -0.15) is 0 Å². The summed E-state index contributed by atoms with van der Waals surface area (Å²) in [5.41, 5.74) is 3.40. The van der Waals surface area contributed by atoms with Crippen LogP contribution in [-0.4, -0.2) is 16.5 Å². The van der Waals surface area contributed by atoms with E-state index in [0.717, 1.165) is 22.7 Å². The van der Waals surface area contributed by atoms with E-state index in [0.29, 0.717) is 5.92 Å². The van der Waals surface area contributed by atoms with Crippen molar-refractivity contribution in [3.05, 3.63) is 54.4 Å². The molecule has 0 bridgehead atoms. The minimum Gasteiger partial charge on any atom is -0.496 e. The Hall–Kier alpha value is -2.29. The lowest BCUT2D eigenvalue weighted by molar-refractivity contribution is 0.416. The topological polar surface area (TPSA) is 26.5 Å². The van der Waals surface area contributed by atoms with Crippen LogP contribution in [0.4, 0.5) is 0 Å². The van der Waals surface area contributed by atoms with E-state index >= 15 is 0 Å². The van der Waals surface area contributed by atoms with Gasteiger partial charge >= 0.3 is 0 Å². The number of ether oxygens (including phenoxy) is 1. The van der Waals surface area contributed by atoms with Crippen LogP contribution in [0.5, 0.6) is 5.75 Å². The number of fused-ring (bicyclic) bond motifs is 1. The molecule has 3 aromatic rings. The molecule has 0 fully saturated rings. The lowest BCUT2D eigenvalue weighted by Crippen LogP contribution is -1.96. The molecule has 0 N–H and O–H groups in total. The number of hydrogen-bond donors (Lipinski definition) is 0. The SMILES string of the molecule is COc1ccc(C(C)C)cc1-c1ncc2ccccn12. The zero-order valence-corrected chi connectivity index (χ0v) is 12.0. The average Bonchev–Trinajstić information content (AvgIpc) is 2.90. The molecule has 102 valence electrons. The molecule has 2 heterocycles. The zero-order chi connectivity index (χ0) is 14.1. The van der Waals surface area contributed by atoms with Crippen molar-refractivity contribution in [3.8, 4) is 17.1 Å². The van der Waals surface area contributed by atoms with Crippen molar-refractivity contribution in [3.63, 3.8) is 0 Å². The van der Waals surface area contributed by atoms with Gasteiger partial charge in [0.25, 0.3) is 0 Å². The minimum absolute atomic E-state index is 0.478. The van der Waals surface area contributed by atoms with Crippen LogP contribution in [0, 0.1) is 0 Å². The maximum Gasteiger partial charge on any atom is 0.148 e. The molecular formula is C17H18N2O. The molecule has 3 nitrogen and oxygen atoms in total. The van der Waals surface area contributed by atoms with E-state index in [2.05, 4.69) is 41.4 Å². The van der Waals surface area contributed by atoms with E-state index in [-0.39, 0.29) is 0 Å². The highest BCUT2D eigenvalue weighted by atomic mass is 16.5. The minimum atomic E-state index is 0.478. The van der Waals surface area contributed by atoms with Crippen molar-refractivity contribution in [2.24, 2.45) is 0 Å². The number of aromatic nitrogens is 2. The van der Waals surface area contributed by atoms with Crippen LogP contribution in [0.3, 0.4) is 0 Å². The second-order valence-electron chi connectivity index (χ2n) is 5.19. The molecule has 3 rings (SSSR count). The molecule has 0 spiro atoms. The molecule has 0 aliphatic rings. The monoisotopic (exact) mass is 266 g/mol. The predicted octanol–water partition coefficient (Wildman–Crippen LogP) is 4.13. The summed E-state index contributed by atoms with van der Waals surface area (Å²) in [6.45, 7) is 4.38. The first-order valence-electron chi connectivity index (χ1n) is 6.81. The summed E-state index contributed by atoms with van der Waals surface area (Å²) in [5.74, 6) is 2.25. The summed E-state index contributed by atoms with van der Waals surface area (Å²) >= 11 is 0. The van der Waals surface area contributed by atoms with Crippen LogP contribution in [0.2, 0.25) is 0 Å². The zero-order valence-electron chi connectivity index (χ0n) is 12.0. The number of rotatable bonds is 3. The average molecular weight is 266 g/mol. The fourth-order valence-corrected chi connectivity index (χ4v) is 2.40. The third kappa shape index (κ3) is 2.05. The van der Waals surface area contributed by atoms with Gasteiger partial charge in [0, 0.05) is 6.20 Å². The second kappa shape index (κ2) is 5.00. The van der Waals surface area contributed by atoms with E-state index in [4.69, 9.17) is 4.74 Å². The summed E-state index contributed by atoms with van der Waals surface area (Å²) in [5, 5.41) is 0. The van der Waals surface area contributed by atoms with E-state index < -0.39 is 0 Å². The molecular weight excluding hydrogens is 248 g/mol. The number of imidazole rings is 1. The van der Waals surface area contributed by atoms with Crippen LogP contribution < -0.4 is 4.74 Å². The first kappa shape index (κ1) is 12.7. The standard InChI is InChI=1S/C17H18N2O/c1-12(2)13-7-8-16(20-3)15(10-13)17-18-11-14-6-4-5-9-19(14)17/h4-12H,1-3H3. The van der Waals surface area contributed by atoms with Crippen molar-refractivity contribution >= 4 is 5.52 Å². The molecule has 0 unspecified atom stereocenters. The molecule has 2 aromatic heterocycles. The summed E-state index contributed by atoms with van der Waals surface area (Å²) in [6, 6.07) is 12.4. The molecule has 0 saturated carbocycles. The Labute approximate surface area is 118 Å². The van der Waals surface area contributed by atoms with Crippen molar-refractivity contribution in [2.45, 2.75) is 19.8 Å². The molecule has 0 atom stereocenters. The van der Waals surface area contributed by atoms with Crippen LogP contribution in [0.1, 0.15) is 25.3 Å². The van der Waals surface area contributed by atoms with Gasteiger partial charge in [-0.3, -0.25) is 4.40 Å². The Bertz CT molecular complexity index is 744. The molecule has 0 amide bonds. The first-order chi connectivity index (χ1) is 9.70. The van der Waals surface area contributed by atoms with Gasteiger partial charge in [-0.25, -0.2) is 4.98 Å². The maximum absolute atomic E-state index is 5.50. The normalized spacial score (nSPS) is 11.2. The Morgan fingerprint density at radius 1 is 1.15 bits per heavy atom. The molecule has 0 aliphatic heterocycles. The molecule has 0 radical (unpaired) electrons. The smallest absolute Gasteiger partial charge is 0.148 e. The van der Waals surface area contributed by atoms with Gasteiger partial charge in [0.05, 0.1) is 24.4 Å². The highest BCUT2D eigenvalue weighted by Gasteiger charge is 2.13. The second-order valence-corrected chi connectivity index (χ2v) is 5.19. The molecule has 1 aromatic carbocycles. The highest BCUT2D eigenvalue weighted by molar-refractivity contribution is 5.69. The van der Waals surface area contributed by atoms with Gasteiger partial charge in [-0.1, -0.05) is 26.0 Å². The van der Waals surface area contributed by atoms with Crippen molar-refractivity contribution in [1.82, 2.24) is 9.38 Å². The highest BCUT2D eigenvalue weighted by Crippen LogP contribution is 2.32. The lowest BCUT2D eigenvalue weighted by atomic mass is 10.00. The fraction of sp³-hybridized carbons (Fsp3) is 0.235. The fourth-order valence-electron chi connectivity index (χ4n) is 2.40. The number of pyridine rings is 1. The van der Waals surface area contributed by atoms with Crippen LogP contribution in [-0.2, 0) is 0 Å². The van der Waals surface area contributed by atoms with Crippen molar-refractivity contribution in [2.75, 3.05) is 7.11 Å². The third-order valence-corrected chi connectivity index (χ3v) is 3.57. The maximum atomic E-state index is 5.50. The summed E-state index contributed by atoms with van der Waals surface area (Å²) in [4.78, 5) is 4.56. The quantitative estimate of drug-likeness (QED) is 0.712. The summed E-state index contributed by atoms with van der Waals surface area (Å²) in [6.07, 6.45) is 3.91. The third-order valence-electron chi connectivity index (χ3n) is 3.57. The lowest BCUT2D eigenvalue weighted by Gasteiger charge is -2.12. The summed E-state index contributed by atoms with van der Waals surface area (Å²) < 4.78 is 7.58. The Kier molecular flexibility index (Phi) is 3.18. The van der Waals surface area contributed by atoms with Gasteiger partial charge in [-0.15, -0.1) is 0 Å². The van der Waals surface area contributed by atoms with Gasteiger partial charge in [0.1, 0.15) is 11.6 Å². The van der Waals surface area contributed by atoms with Crippen molar-refractivity contribution in [1.29, 1.82) is 0 Å². The first-order valence-corrected chi connectivity index (χ1v) is 6.81. The van der Waals surface area contributed by atoms with Crippen LogP contribution in [0.15, 0.2) is 48.8 Å². The van der Waals surface area contributed by atoms with Gasteiger partial charge < -0.3 is 4.74 Å². The number of hydrogen-bond acceptors (Lipinski definition) is 2. The number of benzene rings is 1. The molecule has 3 heteroatoms. The Morgan fingerprint density at radius 3 is 2.75 bits per heavy atom. The number of methoxy groups -OCH3 is 1. The van der Waals surface area contributed by atoms with Crippen LogP contribution >= 0.6 is 0 Å². The van der Waals surface area contributed by atoms with Gasteiger partial charge in [0.2, 0.25) is 0 Å². The van der Waals surface area contributed by atoms with Gasteiger partial charge in [-0.05, 0) is 35.7 Å². The Balaban J connectivity index is 2.24. The predicted molar refractivity (Wildman–Crippen MR) is 81.3 cm³/mol. The molecule has 20 heavy (non-hydrogen) atoms. The molecule has 0 saturated heterocycles. The van der Waals surface area contributed by atoms with Crippen LogP contribution in [0.25, 0.3) is 16.9 Å².